The van der Waals surface area contributed by atoms with E-state index in [4.69, 9.17) is 9.63 Å². The number of carbonyl (C=O) groups excluding carboxylic acids is 1. The number of carbonyl (C=O) groups is 2. The minimum absolute atomic E-state index is 0.0952. The van der Waals surface area contributed by atoms with Crippen molar-refractivity contribution in [2.24, 2.45) is 0 Å². The average Bonchev–Trinajstić information content (AvgIpc) is 2.94. The summed E-state index contributed by atoms with van der Waals surface area (Å²) >= 11 is 0. The van der Waals surface area contributed by atoms with Gasteiger partial charge >= 0.3 is 5.97 Å². The molecule has 0 radical (unpaired) electrons. The van der Waals surface area contributed by atoms with Crippen molar-refractivity contribution in [1.29, 1.82) is 0 Å². The maximum absolute atomic E-state index is 11.9. The Morgan fingerprint density at radius 3 is 2.95 bits per heavy atom. The summed E-state index contributed by atoms with van der Waals surface area (Å²) in [6.07, 6.45) is 1.53. The van der Waals surface area contributed by atoms with Crippen LogP contribution in [0.4, 0.5) is 0 Å². The van der Waals surface area contributed by atoms with Crippen LogP contribution in [0.3, 0.4) is 0 Å². The number of carboxylic acids is 1. The molecule has 0 aromatic carbocycles. The Labute approximate surface area is 108 Å². The third-order valence-electron chi connectivity index (χ3n) is 2.34. The number of amides is 1. The second kappa shape index (κ2) is 5.34. The van der Waals surface area contributed by atoms with E-state index in [1.807, 2.05) is 0 Å². The van der Waals surface area contributed by atoms with Gasteiger partial charge in [-0.25, -0.2) is 0 Å². The number of aryl methyl sites for hydroxylation is 1. The number of hydrogen-bond acceptors (Lipinski definition) is 5. The molecule has 0 aliphatic heterocycles. The van der Waals surface area contributed by atoms with Gasteiger partial charge in [-0.15, -0.1) is 0 Å². The number of aromatic nitrogens is 3. The topological polar surface area (TPSA) is 110 Å². The molecule has 2 aromatic rings. The average molecular weight is 264 g/mol. The summed E-state index contributed by atoms with van der Waals surface area (Å²) in [7, 11) is 0. The fourth-order valence-electron chi connectivity index (χ4n) is 1.56. The largest absolute Gasteiger partial charge is 0.480 e. The van der Waals surface area contributed by atoms with Crippen molar-refractivity contribution in [1.82, 2.24) is 20.0 Å². The lowest BCUT2D eigenvalue weighted by atomic mass is 10.4. The van der Waals surface area contributed by atoms with Gasteiger partial charge in [-0.2, -0.15) is 4.98 Å². The van der Waals surface area contributed by atoms with Gasteiger partial charge in [-0.1, -0.05) is 5.16 Å². The zero-order valence-corrected chi connectivity index (χ0v) is 10.2. The zero-order chi connectivity index (χ0) is 13.8. The van der Waals surface area contributed by atoms with Gasteiger partial charge in [-0.05, 0) is 19.1 Å². The molecule has 0 aliphatic carbocycles. The van der Waals surface area contributed by atoms with Crippen LogP contribution in [0.25, 0.3) is 0 Å². The van der Waals surface area contributed by atoms with E-state index >= 15 is 0 Å². The lowest BCUT2D eigenvalue weighted by molar-refractivity contribution is -0.137. The van der Waals surface area contributed by atoms with Crippen molar-refractivity contribution in [3.8, 4) is 0 Å². The van der Waals surface area contributed by atoms with Crippen LogP contribution in [0, 0.1) is 6.92 Å². The van der Waals surface area contributed by atoms with Crippen molar-refractivity contribution in [2.45, 2.75) is 20.0 Å². The maximum Gasteiger partial charge on any atom is 0.323 e. The number of carboxylic acid groups (broad SMARTS) is 1. The quantitative estimate of drug-likeness (QED) is 0.797. The molecule has 2 heterocycles. The number of rotatable bonds is 5. The Bertz CT molecular complexity index is 601. The van der Waals surface area contributed by atoms with E-state index < -0.39 is 11.9 Å². The number of nitrogens with one attached hydrogen (secondary N) is 1. The van der Waals surface area contributed by atoms with E-state index in [1.165, 1.54) is 16.8 Å². The molecular weight excluding hydrogens is 252 g/mol. The third kappa shape index (κ3) is 3.18. The van der Waals surface area contributed by atoms with Crippen molar-refractivity contribution in [3.05, 3.63) is 35.7 Å². The first-order valence-corrected chi connectivity index (χ1v) is 5.50. The standard InChI is InChI=1S/C11H12N4O4/c1-7-13-9(19-14-7)5-12-11(18)8-3-2-4-15(8)6-10(16)17/h2-4H,5-6H2,1H3,(H,12,18)(H,16,17). The van der Waals surface area contributed by atoms with E-state index in [0.717, 1.165) is 0 Å². The highest BCUT2D eigenvalue weighted by atomic mass is 16.5. The van der Waals surface area contributed by atoms with Gasteiger partial charge in [0, 0.05) is 6.20 Å². The Morgan fingerprint density at radius 2 is 2.32 bits per heavy atom. The highest BCUT2D eigenvalue weighted by Gasteiger charge is 2.13. The molecule has 0 saturated heterocycles. The molecule has 0 atom stereocenters. The summed E-state index contributed by atoms with van der Waals surface area (Å²) in [4.78, 5) is 26.5. The van der Waals surface area contributed by atoms with Gasteiger partial charge < -0.3 is 19.5 Å². The molecule has 0 saturated carbocycles. The summed E-state index contributed by atoms with van der Waals surface area (Å²) < 4.78 is 6.19. The first-order valence-electron chi connectivity index (χ1n) is 5.50. The normalized spacial score (nSPS) is 10.4. The Balaban J connectivity index is 2.00. The van der Waals surface area contributed by atoms with Crippen LogP contribution in [0.2, 0.25) is 0 Å². The van der Waals surface area contributed by atoms with E-state index in [2.05, 4.69) is 15.5 Å². The van der Waals surface area contributed by atoms with Crippen LogP contribution in [-0.4, -0.2) is 31.7 Å². The summed E-state index contributed by atoms with van der Waals surface area (Å²) in [5, 5.41) is 14.9. The molecule has 0 bridgehead atoms. The molecule has 100 valence electrons. The predicted molar refractivity (Wildman–Crippen MR) is 62.3 cm³/mol. The first kappa shape index (κ1) is 12.8. The fraction of sp³-hybridized carbons (Fsp3) is 0.273. The van der Waals surface area contributed by atoms with Crippen LogP contribution in [0.5, 0.6) is 0 Å². The van der Waals surface area contributed by atoms with Gasteiger partial charge in [0.15, 0.2) is 5.82 Å². The van der Waals surface area contributed by atoms with E-state index in [1.54, 1.807) is 13.0 Å². The molecule has 2 aromatic heterocycles. The monoisotopic (exact) mass is 264 g/mol. The fourth-order valence-corrected chi connectivity index (χ4v) is 1.56. The van der Waals surface area contributed by atoms with E-state index in [0.29, 0.717) is 11.7 Å². The summed E-state index contributed by atoms with van der Waals surface area (Å²) in [5.41, 5.74) is 0.263. The van der Waals surface area contributed by atoms with Crippen LogP contribution >= 0.6 is 0 Å². The van der Waals surface area contributed by atoms with Crippen LogP contribution in [-0.2, 0) is 17.9 Å². The number of hydrogen-bond donors (Lipinski definition) is 2. The summed E-state index contributed by atoms with van der Waals surface area (Å²) in [6, 6.07) is 3.14. The molecule has 2 N–H and O–H groups in total. The highest BCUT2D eigenvalue weighted by molar-refractivity contribution is 5.93. The van der Waals surface area contributed by atoms with Crippen molar-refractivity contribution >= 4 is 11.9 Å². The molecule has 0 fully saturated rings. The van der Waals surface area contributed by atoms with Crippen LogP contribution in [0.15, 0.2) is 22.9 Å². The Morgan fingerprint density at radius 1 is 1.53 bits per heavy atom. The van der Waals surface area contributed by atoms with Gasteiger partial charge in [0.1, 0.15) is 12.2 Å². The maximum atomic E-state index is 11.9. The van der Waals surface area contributed by atoms with Gasteiger partial charge in [-0.3, -0.25) is 9.59 Å². The second-order valence-electron chi connectivity index (χ2n) is 3.83. The molecule has 0 aliphatic rings. The first-order chi connectivity index (χ1) is 9.06. The minimum Gasteiger partial charge on any atom is -0.480 e. The van der Waals surface area contributed by atoms with Crippen LogP contribution in [0.1, 0.15) is 22.2 Å². The Hall–Kier alpha value is -2.64. The molecule has 0 spiro atoms. The van der Waals surface area contributed by atoms with E-state index in [9.17, 15) is 9.59 Å². The summed E-state index contributed by atoms with van der Waals surface area (Å²) in [6.45, 7) is 1.50. The zero-order valence-electron chi connectivity index (χ0n) is 10.2. The van der Waals surface area contributed by atoms with E-state index in [-0.39, 0.29) is 18.8 Å². The lowest BCUT2D eigenvalue weighted by Crippen LogP contribution is -2.26. The molecule has 8 heteroatoms. The lowest BCUT2D eigenvalue weighted by Gasteiger charge is -2.06. The molecule has 8 nitrogen and oxygen atoms in total. The SMILES string of the molecule is Cc1noc(CNC(=O)c2cccn2CC(=O)O)n1. The van der Waals surface area contributed by atoms with Crippen molar-refractivity contribution in [2.75, 3.05) is 0 Å². The molecule has 0 unspecified atom stereocenters. The predicted octanol–water partition coefficient (Wildman–Crippen LogP) is 0.194. The molecule has 2 rings (SSSR count). The third-order valence-corrected chi connectivity index (χ3v) is 2.34. The second-order valence-corrected chi connectivity index (χ2v) is 3.83. The van der Waals surface area contributed by atoms with Crippen LogP contribution < -0.4 is 5.32 Å². The molecule has 1 amide bonds. The van der Waals surface area contributed by atoms with Gasteiger partial charge in [0.25, 0.3) is 5.91 Å². The molecular formula is C11H12N4O4. The summed E-state index contributed by atoms with van der Waals surface area (Å²) in [5.74, 6) is -0.638. The number of aliphatic carboxylic acids is 1. The Kier molecular flexibility index (Phi) is 3.60. The van der Waals surface area contributed by atoms with Gasteiger partial charge in [0.05, 0.1) is 6.54 Å². The van der Waals surface area contributed by atoms with Crippen molar-refractivity contribution < 1.29 is 19.2 Å². The number of nitrogens with zero attached hydrogens (tertiary/aromatic N) is 3. The smallest absolute Gasteiger partial charge is 0.323 e. The van der Waals surface area contributed by atoms with Crippen molar-refractivity contribution in [3.63, 3.8) is 0 Å². The van der Waals surface area contributed by atoms with Gasteiger partial charge in [0.2, 0.25) is 5.89 Å². The highest BCUT2D eigenvalue weighted by Crippen LogP contribution is 2.03. The molecule has 19 heavy (non-hydrogen) atoms. The minimum atomic E-state index is -1.02.